The number of fused-ring (bicyclic) bond motifs is 3. The Morgan fingerprint density at radius 1 is 1.09 bits per heavy atom. The summed E-state index contributed by atoms with van der Waals surface area (Å²) >= 11 is 0. The SMILES string of the molecule is Cc1[nH]c2ccc(OCc3ccccc3)cc2c(=O)c1C[NH+]1C[C@@]2(C)C[C@@H]1CC(C)(C)C2. The van der Waals surface area contributed by atoms with Crippen molar-refractivity contribution in [2.45, 2.75) is 66.2 Å². The highest BCUT2D eigenvalue weighted by atomic mass is 16.5. The van der Waals surface area contributed by atoms with E-state index >= 15 is 0 Å². The summed E-state index contributed by atoms with van der Waals surface area (Å²) in [5.41, 5.74) is 4.88. The summed E-state index contributed by atoms with van der Waals surface area (Å²) in [5, 5.41) is 0.726. The fraction of sp³-hybridized carbons (Fsp3) is 0.464. The Morgan fingerprint density at radius 2 is 1.88 bits per heavy atom. The lowest BCUT2D eigenvalue weighted by Crippen LogP contribution is -3.12. The number of quaternary nitrogens is 1. The van der Waals surface area contributed by atoms with Crippen molar-refractivity contribution in [1.29, 1.82) is 0 Å². The lowest BCUT2D eigenvalue weighted by atomic mass is 9.65. The first-order chi connectivity index (χ1) is 15.2. The van der Waals surface area contributed by atoms with Crippen LogP contribution in [-0.2, 0) is 13.2 Å². The summed E-state index contributed by atoms with van der Waals surface area (Å²) in [6, 6.07) is 16.6. The average molecular weight is 432 g/mol. The third-order valence-corrected chi connectivity index (χ3v) is 7.61. The van der Waals surface area contributed by atoms with E-state index in [1.54, 1.807) is 4.90 Å². The Balaban J connectivity index is 1.42. The summed E-state index contributed by atoms with van der Waals surface area (Å²) in [7, 11) is 0. The van der Waals surface area contributed by atoms with Crippen molar-refractivity contribution in [3.05, 3.63) is 75.6 Å². The molecule has 2 fully saturated rings. The third kappa shape index (κ3) is 4.09. The van der Waals surface area contributed by atoms with Crippen LogP contribution < -0.4 is 15.1 Å². The molecule has 4 nitrogen and oxygen atoms in total. The zero-order valence-electron chi connectivity index (χ0n) is 19.8. The van der Waals surface area contributed by atoms with E-state index in [4.69, 9.17) is 4.74 Å². The van der Waals surface area contributed by atoms with Gasteiger partial charge in [-0.3, -0.25) is 4.79 Å². The number of pyridine rings is 1. The molecule has 2 aliphatic rings. The minimum absolute atomic E-state index is 0.153. The lowest BCUT2D eigenvalue weighted by Gasteiger charge is -2.37. The normalized spacial score (nSPS) is 26.4. The van der Waals surface area contributed by atoms with Gasteiger partial charge >= 0.3 is 0 Å². The van der Waals surface area contributed by atoms with Gasteiger partial charge in [0.15, 0.2) is 5.43 Å². The number of aromatic nitrogens is 1. The molecule has 0 radical (unpaired) electrons. The van der Waals surface area contributed by atoms with Crippen LogP contribution in [0.3, 0.4) is 0 Å². The van der Waals surface area contributed by atoms with Crippen molar-refractivity contribution in [2.24, 2.45) is 10.8 Å². The van der Waals surface area contributed by atoms with Gasteiger partial charge in [0.05, 0.1) is 18.2 Å². The van der Waals surface area contributed by atoms with Gasteiger partial charge in [-0.25, -0.2) is 0 Å². The van der Waals surface area contributed by atoms with E-state index in [1.807, 2.05) is 55.5 Å². The van der Waals surface area contributed by atoms with Crippen molar-refractivity contribution < 1.29 is 9.64 Å². The number of aryl methyl sites for hydroxylation is 1. The number of likely N-dealkylation sites (tertiary alicyclic amines) is 1. The molecule has 5 rings (SSSR count). The first kappa shape index (κ1) is 21.3. The molecule has 32 heavy (non-hydrogen) atoms. The van der Waals surface area contributed by atoms with E-state index in [0.717, 1.165) is 46.6 Å². The highest BCUT2D eigenvalue weighted by Crippen LogP contribution is 2.47. The summed E-state index contributed by atoms with van der Waals surface area (Å²) in [4.78, 5) is 18.7. The number of nitrogens with one attached hydrogen (secondary N) is 2. The van der Waals surface area contributed by atoms with Crippen LogP contribution in [0, 0.1) is 17.8 Å². The summed E-state index contributed by atoms with van der Waals surface area (Å²) in [6.07, 6.45) is 3.82. The molecule has 4 heteroatoms. The van der Waals surface area contributed by atoms with Crippen molar-refractivity contribution in [3.63, 3.8) is 0 Å². The zero-order valence-corrected chi connectivity index (χ0v) is 19.8. The van der Waals surface area contributed by atoms with Crippen molar-refractivity contribution in [2.75, 3.05) is 6.54 Å². The lowest BCUT2D eigenvalue weighted by molar-refractivity contribution is -0.928. The Labute approximate surface area is 190 Å². The number of rotatable bonds is 5. The number of hydrogen-bond acceptors (Lipinski definition) is 2. The van der Waals surface area contributed by atoms with Gasteiger partial charge in [-0.05, 0) is 42.5 Å². The number of hydrogen-bond donors (Lipinski definition) is 2. The van der Waals surface area contributed by atoms with E-state index in [9.17, 15) is 4.79 Å². The number of benzene rings is 2. The van der Waals surface area contributed by atoms with E-state index in [-0.39, 0.29) is 5.43 Å². The fourth-order valence-electron chi connectivity index (χ4n) is 6.66. The van der Waals surface area contributed by atoms with Gasteiger partial charge in [-0.15, -0.1) is 0 Å². The second-order valence-electron chi connectivity index (χ2n) is 11.3. The topological polar surface area (TPSA) is 46.5 Å². The van der Waals surface area contributed by atoms with Crippen LogP contribution >= 0.6 is 0 Å². The molecular weight excluding hydrogens is 396 g/mol. The Morgan fingerprint density at radius 3 is 2.66 bits per heavy atom. The molecule has 2 heterocycles. The van der Waals surface area contributed by atoms with Gasteiger partial charge < -0.3 is 14.6 Å². The Hall–Kier alpha value is -2.59. The molecule has 2 bridgehead atoms. The minimum atomic E-state index is 0.153. The molecule has 1 saturated heterocycles. The predicted molar refractivity (Wildman–Crippen MR) is 129 cm³/mol. The van der Waals surface area contributed by atoms with Crippen molar-refractivity contribution in [1.82, 2.24) is 4.98 Å². The summed E-state index contributed by atoms with van der Waals surface area (Å²) in [6.45, 7) is 11.8. The Kier molecular flexibility index (Phi) is 5.16. The average Bonchev–Trinajstić information content (AvgIpc) is 2.98. The molecule has 168 valence electrons. The molecule has 2 aromatic carbocycles. The van der Waals surface area contributed by atoms with Gasteiger partial charge in [0, 0.05) is 34.9 Å². The maximum Gasteiger partial charge on any atom is 0.198 e. The van der Waals surface area contributed by atoms with Crippen LogP contribution in [0.25, 0.3) is 10.9 Å². The first-order valence-electron chi connectivity index (χ1n) is 11.9. The monoisotopic (exact) mass is 431 g/mol. The first-order valence-corrected chi connectivity index (χ1v) is 11.9. The second-order valence-corrected chi connectivity index (χ2v) is 11.3. The van der Waals surface area contributed by atoms with E-state index in [1.165, 1.54) is 19.3 Å². The van der Waals surface area contributed by atoms with E-state index in [0.29, 0.717) is 23.5 Å². The van der Waals surface area contributed by atoms with Crippen LogP contribution in [0.1, 0.15) is 56.9 Å². The quantitative estimate of drug-likeness (QED) is 0.629. The highest BCUT2D eigenvalue weighted by Gasteiger charge is 2.52. The van der Waals surface area contributed by atoms with Crippen LogP contribution in [0.2, 0.25) is 0 Å². The Bertz CT molecular complexity index is 1200. The maximum atomic E-state index is 13.6. The smallest absolute Gasteiger partial charge is 0.198 e. The second kappa shape index (κ2) is 7.77. The van der Waals surface area contributed by atoms with Crippen LogP contribution in [0.5, 0.6) is 5.75 Å². The van der Waals surface area contributed by atoms with Gasteiger partial charge in [0.1, 0.15) is 18.9 Å². The number of aromatic amines is 1. The minimum Gasteiger partial charge on any atom is -0.489 e. The molecule has 1 saturated carbocycles. The fourth-order valence-corrected chi connectivity index (χ4v) is 6.66. The molecule has 3 atom stereocenters. The maximum absolute atomic E-state index is 13.6. The molecule has 1 aromatic heterocycles. The largest absolute Gasteiger partial charge is 0.489 e. The van der Waals surface area contributed by atoms with Crippen molar-refractivity contribution in [3.8, 4) is 5.75 Å². The zero-order chi connectivity index (χ0) is 22.5. The number of H-pyrrole nitrogens is 1. The molecule has 1 unspecified atom stereocenters. The van der Waals surface area contributed by atoms with Gasteiger partial charge in [0.25, 0.3) is 0 Å². The standard InChI is InChI=1S/C28H34N2O2/c1-19-24(15-30-18-28(4)14-21(30)13-27(2,3)17-28)26(31)23-12-22(10-11-25(23)29-19)32-16-20-8-6-5-7-9-20/h5-12,21H,13-18H2,1-4H3,(H,29,31)/p+1/t21-,28-/m0/s1. The molecular formula is C28H35N2O2+. The van der Waals surface area contributed by atoms with Gasteiger partial charge in [-0.1, -0.05) is 51.1 Å². The van der Waals surface area contributed by atoms with Crippen LogP contribution in [-0.4, -0.2) is 17.6 Å². The van der Waals surface area contributed by atoms with E-state index in [2.05, 4.69) is 25.8 Å². The molecule has 0 amide bonds. The van der Waals surface area contributed by atoms with E-state index < -0.39 is 0 Å². The predicted octanol–water partition coefficient (Wildman–Crippen LogP) is 4.40. The molecule has 2 N–H and O–H groups in total. The highest BCUT2D eigenvalue weighted by molar-refractivity contribution is 5.81. The van der Waals surface area contributed by atoms with Crippen molar-refractivity contribution >= 4 is 10.9 Å². The van der Waals surface area contributed by atoms with Gasteiger partial charge in [-0.2, -0.15) is 0 Å². The van der Waals surface area contributed by atoms with Crippen LogP contribution in [0.4, 0.5) is 0 Å². The summed E-state index contributed by atoms with van der Waals surface area (Å²) < 4.78 is 5.99. The summed E-state index contributed by atoms with van der Waals surface area (Å²) in [5.74, 6) is 0.736. The van der Waals surface area contributed by atoms with Gasteiger partial charge in [0.2, 0.25) is 0 Å². The molecule has 3 aromatic rings. The third-order valence-electron chi connectivity index (χ3n) is 7.61. The van der Waals surface area contributed by atoms with Crippen LogP contribution in [0.15, 0.2) is 53.3 Å². The number of ether oxygens (including phenoxy) is 1. The molecule has 1 aliphatic carbocycles. The molecule has 0 spiro atoms. The molecule has 1 aliphatic heterocycles.